The smallest absolute Gasteiger partial charge is 0.185 e. The third kappa shape index (κ3) is 1.69. The highest BCUT2D eigenvalue weighted by Crippen LogP contribution is 2.31. The molecule has 1 aromatic heterocycles. The van der Waals surface area contributed by atoms with Crippen molar-refractivity contribution >= 4 is 6.29 Å². The minimum Gasteiger partial charge on any atom is -0.504 e. The first-order valence-corrected chi connectivity index (χ1v) is 4.28. The Hall–Kier alpha value is -2.23. The fraction of sp³-hybridized carbons (Fsp3) is 0. The van der Waals surface area contributed by atoms with Crippen molar-refractivity contribution in [2.24, 2.45) is 0 Å². The van der Waals surface area contributed by atoms with Gasteiger partial charge in [-0.05, 0) is 30.3 Å². The average molecular weight is 204 g/mol. The van der Waals surface area contributed by atoms with Crippen LogP contribution in [0.3, 0.4) is 0 Å². The average Bonchev–Trinajstić information content (AvgIpc) is 2.70. The van der Waals surface area contributed by atoms with Crippen LogP contribution in [-0.4, -0.2) is 16.5 Å². The third-order valence-corrected chi connectivity index (χ3v) is 2.00. The van der Waals surface area contributed by atoms with Crippen molar-refractivity contribution in [3.8, 4) is 22.8 Å². The molecule has 0 aliphatic carbocycles. The number of furan rings is 1. The first-order valence-electron chi connectivity index (χ1n) is 4.28. The minimum atomic E-state index is -0.225. The molecule has 0 saturated carbocycles. The van der Waals surface area contributed by atoms with E-state index < -0.39 is 0 Å². The number of carbonyl (C=O) groups excluding carboxylic acids is 1. The van der Waals surface area contributed by atoms with Gasteiger partial charge >= 0.3 is 0 Å². The molecule has 0 aliphatic rings. The molecule has 4 nitrogen and oxygen atoms in total. The largest absolute Gasteiger partial charge is 0.504 e. The minimum absolute atomic E-state index is 0.194. The molecule has 4 heteroatoms. The van der Waals surface area contributed by atoms with E-state index in [4.69, 9.17) is 9.52 Å². The summed E-state index contributed by atoms with van der Waals surface area (Å²) in [5.74, 6) is 0.266. The molecule has 1 aromatic carbocycles. The highest BCUT2D eigenvalue weighted by Gasteiger charge is 2.06. The number of carbonyl (C=O) groups is 1. The molecule has 0 saturated heterocycles. The number of rotatable bonds is 2. The van der Waals surface area contributed by atoms with E-state index in [1.54, 1.807) is 12.1 Å². The standard InChI is InChI=1S/C11H8O4/c12-6-8-2-4-11(15-8)7-1-3-9(13)10(14)5-7/h1-6,13-14H. The molecule has 0 amide bonds. The van der Waals surface area contributed by atoms with E-state index in [0.29, 0.717) is 17.6 Å². The van der Waals surface area contributed by atoms with Gasteiger partial charge in [0, 0.05) is 5.56 Å². The second kappa shape index (κ2) is 3.49. The summed E-state index contributed by atoms with van der Waals surface area (Å²) >= 11 is 0. The van der Waals surface area contributed by atoms with Crippen LogP contribution in [0.1, 0.15) is 10.6 Å². The first kappa shape index (κ1) is 9.33. The lowest BCUT2D eigenvalue weighted by Crippen LogP contribution is -1.75. The molecule has 0 spiro atoms. The fourth-order valence-electron chi connectivity index (χ4n) is 1.25. The first-order chi connectivity index (χ1) is 7.20. The third-order valence-electron chi connectivity index (χ3n) is 2.00. The van der Waals surface area contributed by atoms with Gasteiger partial charge in [0.05, 0.1) is 0 Å². The number of aromatic hydroxyl groups is 2. The van der Waals surface area contributed by atoms with Crippen LogP contribution in [0.15, 0.2) is 34.7 Å². The molecule has 2 N–H and O–H groups in total. The maximum atomic E-state index is 10.4. The van der Waals surface area contributed by atoms with E-state index in [2.05, 4.69) is 0 Å². The summed E-state index contributed by atoms with van der Waals surface area (Å²) in [7, 11) is 0. The molecule has 2 aromatic rings. The maximum absolute atomic E-state index is 10.4. The van der Waals surface area contributed by atoms with Crippen LogP contribution in [-0.2, 0) is 0 Å². The SMILES string of the molecule is O=Cc1ccc(-c2ccc(O)c(O)c2)o1. The van der Waals surface area contributed by atoms with Crippen LogP contribution < -0.4 is 0 Å². The Labute approximate surface area is 85.4 Å². The number of aldehydes is 1. The summed E-state index contributed by atoms with van der Waals surface area (Å²) in [4.78, 5) is 10.4. The second-order valence-electron chi connectivity index (χ2n) is 3.02. The van der Waals surface area contributed by atoms with Gasteiger partial charge in [0.1, 0.15) is 5.76 Å². The molecule has 0 unspecified atom stereocenters. The highest BCUT2D eigenvalue weighted by atomic mass is 16.3. The molecule has 0 fully saturated rings. The lowest BCUT2D eigenvalue weighted by Gasteiger charge is -1.99. The van der Waals surface area contributed by atoms with Gasteiger partial charge < -0.3 is 14.6 Å². The molecular formula is C11H8O4. The number of phenolic OH excluding ortho intramolecular Hbond substituents is 2. The zero-order valence-corrected chi connectivity index (χ0v) is 7.68. The van der Waals surface area contributed by atoms with E-state index in [1.807, 2.05) is 0 Å². The van der Waals surface area contributed by atoms with Crippen molar-refractivity contribution in [2.45, 2.75) is 0 Å². The zero-order chi connectivity index (χ0) is 10.8. The summed E-state index contributed by atoms with van der Waals surface area (Å²) in [6.45, 7) is 0. The van der Waals surface area contributed by atoms with Gasteiger partial charge in [0.25, 0.3) is 0 Å². The van der Waals surface area contributed by atoms with E-state index in [0.717, 1.165) is 0 Å². The van der Waals surface area contributed by atoms with E-state index >= 15 is 0 Å². The monoisotopic (exact) mass is 204 g/mol. The van der Waals surface area contributed by atoms with Crippen LogP contribution in [0.25, 0.3) is 11.3 Å². The second-order valence-corrected chi connectivity index (χ2v) is 3.02. The van der Waals surface area contributed by atoms with Crippen LogP contribution in [0.2, 0.25) is 0 Å². The lowest BCUT2D eigenvalue weighted by atomic mass is 10.1. The quantitative estimate of drug-likeness (QED) is 0.581. The summed E-state index contributed by atoms with van der Waals surface area (Å²) in [5, 5.41) is 18.4. The van der Waals surface area contributed by atoms with Gasteiger partial charge in [-0.15, -0.1) is 0 Å². The Kier molecular flexibility index (Phi) is 2.17. The molecule has 76 valence electrons. The van der Waals surface area contributed by atoms with E-state index in [9.17, 15) is 9.90 Å². The van der Waals surface area contributed by atoms with Crippen molar-refractivity contribution in [1.82, 2.24) is 0 Å². The van der Waals surface area contributed by atoms with Crippen molar-refractivity contribution in [3.05, 3.63) is 36.1 Å². The Bertz CT molecular complexity index is 499. The van der Waals surface area contributed by atoms with Crippen molar-refractivity contribution in [1.29, 1.82) is 0 Å². The molecule has 1 heterocycles. The van der Waals surface area contributed by atoms with Crippen LogP contribution in [0.4, 0.5) is 0 Å². The van der Waals surface area contributed by atoms with E-state index in [1.165, 1.54) is 18.2 Å². The molecule has 0 aliphatic heterocycles. The topological polar surface area (TPSA) is 70.7 Å². The molecule has 0 radical (unpaired) electrons. The Morgan fingerprint density at radius 3 is 2.47 bits per heavy atom. The van der Waals surface area contributed by atoms with E-state index in [-0.39, 0.29) is 17.3 Å². The maximum Gasteiger partial charge on any atom is 0.185 e. The molecule has 0 atom stereocenters. The van der Waals surface area contributed by atoms with Crippen LogP contribution in [0.5, 0.6) is 11.5 Å². The summed E-state index contributed by atoms with van der Waals surface area (Å²) in [6, 6.07) is 7.46. The normalized spacial score (nSPS) is 10.1. The van der Waals surface area contributed by atoms with Crippen LogP contribution in [0, 0.1) is 0 Å². The Balaban J connectivity index is 2.44. The van der Waals surface area contributed by atoms with Crippen molar-refractivity contribution in [3.63, 3.8) is 0 Å². The molecule has 2 rings (SSSR count). The number of hydrogen-bond acceptors (Lipinski definition) is 4. The fourth-order valence-corrected chi connectivity index (χ4v) is 1.25. The van der Waals surface area contributed by atoms with Crippen molar-refractivity contribution in [2.75, 3.05) is 0 Å². The van der Waals surface area contributed by atoms with Gasteiger partial charge in [0.2, 0.25) is 0 Å². The van der Waals surface area contributed by atoms with Gasteiger partial charge in [-0.25, -0.2) is 0 Å². The number of phenols is 2. The summed E-state index contributed by atoms with van der Waals surface area (Å²) in [5.41, 5.74) is 0.596. The number of hydrogen-bond donors (Lipinski definition) is 2. The van der Waals surface area contributed by atoms with Gasteiger partial charge in [-0.2, -0.15) is 0 Å². The van der Waals surface area contributed by atoms with Gasteiger partial charge in [-0.1, -0.05) is 0 Å². The van der Waals surface area contributed by atoms with Crippen LogP contribution >= 0.6 is 0 Å². The molecule has 15 heavy (non-hydrogen) atoms. The predicted octanol–water partition coefficient (Wildman–Crippen LogP) is 2.17. The lowest BCUT2D eigenvalue weighted by molar-refractivity contribution is 0.110. The van der Waals surface area contributed by atoms with Gasteiger partial charge in [-0.3, -0.25) is 4.79 Å². The molecule has 0 bridgehead atoms. The number of benzene rings is 1. The summed E-state index contributed by atoms with van der Waals surface area (Å²) in [6.07, 6.45) is 0.601. The predicted molar refractivity (Wildman–Crippen MR) is 52.9 cm³/mol. The highest BCUT2D eigenvalue weighted by molar-refractivity contribution is 5.73. The van der Waals surface area contributed by atoms with Crippen molar-refractivity contribution < 1.29 is 19.4 Å². The Morgan fingerprint density at radius 2 is 1.87 bits per heavy atom. The van der Waals surface area contributed by atoms with Gasteiger partial charge in [0.15, 0.2) is 23.5 Å². The Morgan fingerprint density at radius 1 is 1.07 bits per heavy atom. The summed E-state index contributed by atoms with van der Waals surface area (Å²) < 4.78 is 5.15. The zero-order valence-electron chi connectivity index (χ0n) is 7.68. The molecular weight excluding hydrogens is 196 g/mol.